The van der Waals surface area contributed by atoms with Crippen LogP contribution in [0.25, 0.3) is 0 Å². The Morgan fingerprint density at radius 3 is 1.72 bits per heavy atom. The first-order valence-corrected chi connectivity index (χ1v) is 9.04. The summed E-state index contributed by atoms with van der Waals surface area (Å²) in [6.45, 7) is 6.10. The van der Waals surface area contributed by atoms with Crippen molar-refractivity contribution in [2.24, 2.45) is 0 Å². The summed E-state index contributed by atoms with van der Waals surface area (Å²) < 4.78 is 6.39. The van der Waals surface area contributed by atoms with Crippen LogP contribution in [0.5, 0.6) is 17.2 Å². The van der Waals surface area contributed by atoms with E-state index < -0.39 is 0 Å². The third-order valence-corrected chi connectivity index (χ3v) is 4.69. The van der Waals surface area contributed by atoms with Gasteiger partial charge < -0.3 is 9.84 Å². The monoisotopic (exact) mass is 398 g/mol. The molecule has 0 amide bonds. The van der Waals surface area contributed by atoms with Gasteiger partial charge in [-0.15, -0.1) is 0 Å². The topological polar surface area (TPSA) is 29.5 Å². The summed E-state index contributed by atoms with van der Waals surface area (Å²) in [4.78, 5) is 0. The first kappa shape index (κ1) is 19.1. The number of phenolic OH excluding ortho intramolecular Hbond substituents is 1. The standard InChI is InChI=1S/C12H10O.C10H13BrO/c1-3-7-11(8-4-1)13-12-9-5-2-6-10-12;1-6(2)8-5-4-7(3)9(11)10(8)12/h1-10H;4-6,12H,1-3H3. The minimum Gasteiger partial charge on any atom is -0.506 e. The van der Waals surface area contributed by atoms with Crippen molar-refractivity contribution in [3.63, 3.8) is 0 Å². The molecule has 0 saturated heterocycles. The lowest BCUT2D eigenvalue weighted by Gasteiger charge is -2.10. The van der Waals surface area contributed by atoms with Crippen molar-refractivity contribution < 1.29 is 9.84 Å². The van der Waals surface area contributed by atoms with Gasteiger partial charge in [-0.05, 0) is 64.2 Å². The Hall–Kier alpha value is -2.26. The van der Waals surface area contributed by atoms with Crippen molar-refractivity contribution in [1.29, 1.82) is 0 Å². The summed E-state index contributed by atoms with van der Waals surface area (Å²) in [6.07, 6.45) is 0. The molecule has 3 rings (SSSR count). The molecule has 3 heteroatoms. The van der Waals surface area contributed by atoms with E-state index in [2.05, 4.69) is 29.8 Å². The second-order valence-electron chi connectivity index (χ2n) is 6.02. The number of benzene rings is 3. The molecule has 0 aliphatic carbocycles. The average molecular weight is 399 g/mol. The third-order valence-electron chi connectivity index (χ3n) is 3.68. The van der Waals surface area contributed by atoms with Crippen LogP contribution in [-0.4, -0.2) is 5.11 Å². The predicted molar refractivity (Wildman–Crippen MR) is 108 cm³/mol. The maximum atomic E-state index is 9.70. The normalized spacial score (nSPS) is 10.1. The minimum absolute atomic E-state index is 0.363. The molecule has 0 heterocycles. The molecular formula is C22H23BrO2. The van der Waals surface area contributed by atoms with Gasteiger partial charge >= 0.3 is 0 Å². The molecule has 25 heavy (non-hydrogen) atoms. The van der Waals surface area contributed by atoms with Crippen LogP contribution in [0.2, 0.25) is 0 Å². The molecule has 0 spiro atoms. The van der Waals surface area contributed by atoms with Crippen LogP contribution in [-0.2, 0) is 0 Å². The van der Waals surface area contributed by atoms with Crippen LogP contribution in [0.1, 0.15) is 30.9 Å². The highest BCUT2D eigenvalue weighted by Crippen LogP contribution is 2.34. The van der Waals surface area contributed by atoms with E-state index in [9.17, 15) is 5.11 Å². The van der Waals surface area contributed by atoms with Gasteiger partial charge in [0.15, 0.2) is 0 Å². The van der Waals surface area contributed by atoms with Gasteiger partial charge in [0, 0.05) is 0 Å². The zero-order chi connectivity index (χ0) is 18.2. The third kappa shape index (κ3) is 5.64. The molecule has 3 aromatic rings. The van der Waals surface area contributed by atoms with Gasteiger partial charge in [0.25, 0.3) is 0 Å². The van der Waals surface area contributed by atoms with Crippen LogP contribution in [0.3, 0.4) is 0 Å². The summed E-state index contributed by atoms with van der Waals surface area (Å²) in [5.41, 5.74) is 2.06. The Kier molecular flexibility index (Phi) is 7.08. The zero-order valence-electron chi connectivity index (χ0n) is 14.7. The van der Waals surface area contributed by atoms with E-state index in [4.69, 9.17) is 4.74 Å². The number of phenols is 1. The van der Waals surface area contributed by atoms with Crippen molar-refractivity contribution in [2.75, 3.05) is 0 Å². The number of halogens is 1. The Morgan fingerprint density at radius 1 is 0.800 bits per heavy atom. The molecule has 0 bridgehead atoms. The van der Waals surface area contributed by atoms with E-state index >= 15 is 0 Å². The molecule has 0 aliphatic heterocycles. The fourth-order valence-corrected chi connectivity index (χ4v) is 2.62. The van der Waals surface area contributed by atoms with Crippen LogP contribution >= 0.6 is 15.9 Å². The van der Waals surface area contributed by atoms with E-state index in [0.717, 1.165) is 27.1 Å². The summed E-state index contributed by atoms with van der Waals surface area (Å²) in [5.74, 6) is 2.48. The number of hydrogen-bond donors (Lipinski definition) is 1. The van der Waals surface area contributed by atoms with Gasteiger partial charge in [-0.1, -0.05) is 62.4 Å². The largest absolute Gasteiger partial charge is 0.506 e. The van der Waals surface area contributed by atoms with Crippen molar-refractivity contribution in [3.05, 3.63) is 88.4 Å². The Bertz CT molecular complexity index is 746. The van der Waals surface area contributed by atoms with E-state index in [0.29, 0.717) is 11.7 Å². The molecule has 130 valence electrons. The SMILES string of the molecule is Cc1ccc(C(C)C)c(O)c1Br.c1ccc(Oc2ccccc2)cc1. The zero-order valence-corrected chi connectivity index (χ0v) is 16.3. The van der Waals surface area contributed by atoms with Crippen molar-refractivity contribution >= 4 is 15.9 Å². The fraction of sp³-hybridized carbons (Fsp3) is 0.182. The Balaban J connectivity index is 0.000000181. The molecule has 1 N–H and O–H groups in total. The van der Waals surface area contributed by atoms with Gasteiger partial charge in [-0.25, -0.2) is 0 Å². The average Bonchev–Trinajstić information content (AvgIpc) is 2.62. The molecule has 0 saturated carbocycles. The quantitative estimate of drug-likeness (QED) is 0.511. The van der Waals surface area contributed by atoms with Crippen LogP contribution < -0.4 is 4.74 Å². The highest BCUT2D eigenvalue weighted by molar-refractivity contribution is 9.10. The summed E-state index contributed by atoms with van der Waals surface area (Å²) in [6, 6.07) is 23.5. The molecule has 0 unspecified atom stereocenters. The number of ether oxygens (including phenoxy) is 1. The van der Waals surface area contributed by atoms with Gasteiger partial charge in [-0.3, -0.25) is 0 Å². The van der Waals surface area contributed by atoms with Gasteiger partial charge in [0.05, 0.1) is 4.47 Å². The highest BCUT2D eigenvalue weighted by atomic mass is 79.9. The summed E-state index contributed by atoms with van der Waals surface area (Å²) in [7, 11) is 0. The highest BCUT2D eigenvalue weighted by Gasteiger charge is 2.09. The van der Waals surface area contributed by atoms with Crippen molar-refractivity contribution in [2.45, 2.75) is 26.7 Å². The number of aryl methyl sites for hydroxylation is 1. The number of rotatable bonds is 3. The molecule has 0 fully saturated rings. The van der Waals surface area contributed by atoms with Gasteiger partial charge in [0.1, 0.15) is 17.2 Å². The summed E-state index contributed by atoms with van der Waals surface area (Å²) >= 11 is 3.35. The van der Waals surface area contributed by atoms with E-state index in [1.165, 1.54) is 0 Å². The number of hydrogen-bond acceptors (Lipinski definition) is 2. The summed E-state index contributed by atoms with van der Waals surface area (Å²) in [5, 5.41) is 9.70. The minimum atomic E-state index is 0.363. The van der Waals surface area contributed by atoms with Gasteiger partial charge in [0.2, 0.25) is 0 Å². The first-order chi connectivity index (χ1) is 12.0. The van der Waals surface area contributed by atoms with Crippen LogP contribution in [0, 0.1) is 6.92 Å². The maximum absolute atomic E-state index is 9.70. The maximum Gasteiger partial charge on any atom is 0.133 e. The van der Waals surface area contributed by atoms with E-state index in [-0.39, 0.29) is 0 Å². The molecule has 3 aromatic carbocycles. The predicted octanol–water partition coefficient (Wildman–Crippen LogP) is 7.07. The molecule has 0 radical (unpaired) electrons. The Morgan fingerprint density at radius 2 is 1.28 bits per heavy atom. The molecule has 0 aromatic heterocycles. The fourth-order valence-electron chi connectivity index (χ4n) is 2.26. The smallest absolute Gasteiger partial charge is 0.133 e. The molecule has 0 atom stereocenters. The van der Waals surface area contributed by atoms with Gasteiger partial charge in [-0.2, -0.15) is 0 Å². The molecule has 2 nitrogen and oxygen atoms in total. The van der Waals surface area contributed by atoms with E-state index in [1.54, 1.807) is 0 Å². The Labute approximate surface area is 158 Å². The molecular weight excluding hydrogens is 376 g/mol. The molecule has 0 aliphatic rings. The second kappa shape index (κ2) is 9.28. The number of aromatic hydroxyl groups is 1. The lowest BCUT2D eigenvalue weighted by Crippen LogP contribution is -1.89. The lowest BCUT2D eigenvalue weighted by molar-refractivity contribution is 0.461. The first-order valence-electron chi connectivity index (χ1n) is 8.25. The van der Waals surface area contributed by atoms with Crippen molar-refractivity contribution in [3.8, 4) is 17.2 Å². The van der Waals surface area contributed by atoms with Crippen LogP contribution in [0.4, 0.5) is 0 Å². The second-order valence-corrected chi connectivity index (χ2v) is 6.81. The van der Waals surface area contributed by atoms with Crippen molar-refractivity contribution in [1.82, 2.24) is 0 Å². The number of para-hydroxylation sites is 2. The van der Waals surface area contributed by atoms with Crippen LogP contribution in [0.15, 0.2) is 77.3 Å². The lowest BCUT2D eigenvalue weighted by atomic mass is 10.0. The van der Waals surface area contributed by atoms with E-state index in [1.807, 2.05) is 79.7 Å².